The molecule has 0 fully saturated rings. The van der Waals surface area contributed by atoms with Crippen LogP contribution in [-0.2, 0) is 6.42 Å². The maximum atomic E-state index is 5.77. The van der Waals surface area contributed by atoms with Crippen LogP contribution in [0.2, 0.25) is 5.15 Å². The predicted octanol–water partition coefficient (Wildman–Crippen LogP) is 2.79. The Labute approximate surface area is 112 Å². The van der Waals surface area contributed by atoms with E-state index in [4.69, 9.17) is 17.4 Å². The third-order valence-electron chi connectivity index (χ3n) is 2.91. The Morgan fingerprint density at radius 2 is 1.94 bits per heavy atom. The van der Waals surface area contributed by atoms with Crippen LogP contribution in [0.25, 0.3) is 0 Å². The van der Waals surface area contributed by atoms with Crippen LogP contribution < -0.4 is 11.3 Å². The van der Waals surface area contributed by atoms with Crippen molar-refractivity contribution in [3.8, 4) is 0 Å². The number of aryl methyl sites for hydroxylation is 1. The molecular weight excluding hydrogens is 246 g/mol. The maximum Gasteiger partial charge on any atom is 0.129 e. The summed E-state index contributed by atoms with van der Waals surface area (Å²) in [5, 5.41) is 0.491. The molecule has 94 valence electrons. The largest absolute Gasteiger partial charge is 0.271 e. The standard InChI is InChI=1S/C14H16ClN3/c1-10-2-4-11(5-3-10)8-13(18-16)12-6-7-14(15)17-9-12/h2-7,9,13,18H,8,16H2,1H3. The Bertz CT molecular complexity index is 493. The molecule has 2 aromatic rings. The third-order valence-corrected chi connectivity index (χ3v) is 3.14. The zero-order valence-electron chi connectivity index (χ0n) is 10.2. The summed E-state index contributed by atoms with van der Waals surface area (Å²) in [6, 6.07) is 12.2. The van der Waals surface area contributed by atoms with Gasteiger partial charge in [-0.25, -0.2) is 4.98 Å². The van der Waals surface area contributed by atoms with Crippen LogP contribution in [0.15, 0.2) is 42.6 Å². The first-order chi connectivity index (χ1) is 8.69. The average molecular weight is 262 g/mol. The highest BCUT2D eigenvalue weighted by molar-refractivity contribution is 6.29. The molecule has 1 aromatic heterocycles. The second kappa shape index (κ2) is 5.96. The summed E-state index contributed by atoms with van der Waals surface area (Å²) >= 11 is 5.77. The van der Waals surface area contributed by atoms with Crippen LogP contribution in [0.1, 0.15) is 22.7 Å². The van der Waals surface area contributed by atoms with Gasteiger partial charge in [-0.1, -0.05) is 47.5 Å². The van der Waals surface area contributed by atoms with Gasteiger partial charge in [0.05, 0.1) is 6.04 Å². The van der Waals surface area contributed by atoms with E-state index in [1.54, 1.807) is 12.3 Å². The van der Waals surface area contributed by atoms with Crippen molar-refractivity contribution >= 4 is 11.6 Å². The quantitative estimate of drug-likeness (QED) is 0.506. The van der Waals surface area contributed by atoms with Gasteiger partial charge < -0.3 is 0 Å². The van der Waals surface area contributed by atoms with E-state index >= 15 is 0 Å². The van der Waals surface area contributed by atoms with Crippen molar-refractivity contribution in [1.29, 1.82) is 0 Å². The highest BCUT2D eigenvalue weighted by atomic mass is 35.5. The summed E-state index contributed by atoms with van der Waals surface area (Å²) in [5.74, 6) is 5.61. The zero-order valence-corrected chi connectivity index (χ0v) is 11.0. The lowest BCUT2D eigenvalue weighted by Crippen LogP contribution is -2.29. The van der Waals surface area contributed by atoms with E-state index in [1.807, 2.05) is 6.07 Å². The van der Waals surface area contributed by atoms with Crippen LogP contribution in [-0.4, -0.2) is 4.98 Å². The Hall–Kier alpha value is -1.42. The van der Waals surface area contributed by atoms with Crippen molar-refractivity contribution in [3.05, 3.63) is 64.4 Å². The van der Waals surface area contributed by atoms with E-state index in [1.165, 1.54) is 11.1 Å². The van der Waals surface area contributed by atoms with Crippen molar-refractivity contribution < 1.29 is 0 Å². The van der Waals surface area contributed by atoms with Gasteiger partial charge in [0, 0.05) is 6.20 Å². The molecule has 0 saturated carbocycles. The number of benzene rings is 1. The average Bonchev–Trinajstić information content (AvgIpc) is 2.39. The van der Waals surface area contributed by atoms with Gasteiger partial charge in [0.15, 0.2) is 0 Å². The highest BCUT2D eigenvalue weighted by Crippen LogP contribution is 2.18. The van der Waals surface area contributed by atoms with Crippen molar-refractivity contribution in [2.45, 2.75) is 19.4 Å². The van der Waals surface area contributed by atoms with E-state index in [-0.39, 0.29) is 6.04 Å². The van der Waals surface area contributed by atoms with Gasteiger partial charge in [0.2, 0.25) is 0 Å². The van der Waals surface area contributed by atoms with E-state index in [0.717, 1.165) is 12.0 Å². The van der Waals surface area contributed by atoms with Crippen LogP contribution in [0.3, 0.4) is 0 Å². The second-order valence-corrected chi connectivity index (χ2v) is 4.71. The van der Waals surface area contributed by atoms with Gasteiger partial charge in [-0.3, -0.25) is 11.3 Å². The fourth-order valence-electron chi connectivity index (χ4n) is 1.83. The zero-order chi connectivity index (χ0) is 13.0. The summed E-state index contributed by atoms with van der Waals surface area (Å²) in [6.45, 7) is 2.07. The molecular formula is C14H16ClN3. The van der Waals surface area contributed by atoms with Gasteiger partial charge in [-0.2, -0.15) is 0 Å². The lowest BCUT2D eigenvalue weighted by atomic mass is 10.00. The molecule has 2 rings (SSSR count). The molecule has 1 atom stereocenters. The fraction of sp³-hybridized carbons (Fsp3) is 0.214. The Morgan fingerprint density at radius 1 is 1.22 bits per heavy atom. The lowest BCUT2D eigenvalue weighted by molar-refractivity contribution is 0.550. The lowest BCUT2D eigenvalue weighted by Gasteiger charge is -2.16. The molecule has 0 spiro atoms. The van der Waals surface area contributed by atoms with Crippen molar-refractivity contribution in [2.24, 2.45) is 5.84 Å². The highest BCUT2D eigenvalue weighted by Gasteiger charge is 2.10. The topological polar surface area (TPSA) is 50.9 Å². The summed E-state index contributed by atoms with van der Waals surface area (Å²) in [6.07, 6.45) is 2.57. The minimum Gasteiger partial charge on any atom is -0.271 e. The van der Waals surface area contributed by atoms with E-state index in [2.05, 4.69) is 41.6 Å². The van der Waals surface area contributed by atoms with Crippen LogP contribution in [0.5, 0.6) is 0 Å². The number of hydrogen-bond donors (Lipinski definition) is 2. The first-order valence-electron chi connectivity index (χ1n) is 5.82. The SMILES string of the molecule is Cc1ccc(CC(NN)c2ccc(Cl)nc2)cc1. The fourth-order valence-corrected chi connectivity index (χ4v) is 1.94. The molecule has 0 aliphatic heterocycles. The Morgan fingerprint density at radius 3 is 2.50 bits per heavy atom. The van der Waals surface area contributed by atoms with Gasteiger partial charge in [-0.05, 0) is 30.5 Å². The summed E-state index contributed by atoms with van der Waals surface area (Å²) in [5.41, 5.74) is 6.34. The molecule has 0 saturated heterocycles. The number of nitrogens with one attached hydrogen (secondary N) is 1. The molecule has 1 aromatic carbocycles. The van der Waals surface area contributed by atoms with Crippen LogP contribution in [0, 0.1) is 6.92 Å². The number of hydrazine groups is 1. The first kappa shape index (κ1) is 13.0. The number of rotatable bonds is 4. The molecule has 0 radical (unpaired) electrons. The van der Waals surface area contributed by atoms with Gasteiger partial charge >= 0.3 is 0 Å². The minimum atomic E-state index is 0.0393. The van der Waals surface area contributed by atoms with Crippen LogP contribution >= 0.6 is 11.6 Å². The van der Waals surface area contributed by atoms with Crippen molar-refractivity contribution in [1.82, 2.24) is 10.4 Å². The number of nitrogens with two attached hydrogens (primary N) is 1. The van der Waals surface area contributed by atoms with E-state index < -0.39 is 0 Å². The number of pyridine rings is 1. The molecule has 18 heavy (non-hydrogen) atoms. The molecule has 0 amide bonds. The molecule has 3 nitrogen and oxygen atoms in total. The monoisotopic (exact) mass is 261 g/mol. The molecule has 1 unspecified atom stereocenters. The Kier molecular flexibility index (Phi) is 4.31. The van der Waals surface area contributed by atoms with Crippen LogP contribution in [0.4, 0.5) is 0 Å². The number of nitrogens with zero attached hydrogens (tertiary/aromatic N) is 1. The molecule has 4 heteroatoms. The number of halogens is 1. The summed E-state index contributed by atoms with van der Waals surface area (Å²) in [4.78, 5) is 4.07. The second-order valence-electron chi connectivity index (χ2n) is 4.32. The van der Waals surface area contributed by atoms with Gasteiger partial charge in [0.1, 0.15) is 5.15 Å². The molecule has 0 aliphatic rings. The molecule has 0 bridgehead atoms. The number of hydrogen-bond acceptors (Lipinski definition) is 3. The van der Waals surface area contributed by atoms with Crippen molar-refractivity contribution in [2.75, 3.05) is 0 Å². The molecule has 1 heterocycles. The van der Waals surface area contributed by atoms with Gasteiger partial charge in [-0.15, -0.1) is 0 Å². The summed E-state index contributed by atoms with van der Waals surface area (Å²) < 4.78 is 0. The summed E-state index contributed by atoms with van der Waals surface area (Å²) in [7, 11) is 0. The van der Waals surface area contributed by atoms with Crippen molar-refractivity contribution in [3.63, 3.8) is 0 Å². The molecule has 0 aliphatic carbocycles. The molecule has 3 N–H and O–H groups in total. The Balaban J connectivity index is 2.14. The van der Waals surface area contributed by atoms with Gasteiger partial charge in [0.25, 0.3) is 0 Å². The number of aromatic nitrogens is 1. The maximum absolute atomic E-state index is 5.77. The predicted molar refractivity (Wildman–Crippen MR) is 74.2 cm³/mol. The smallest absolute Gasteiger partial charge is 0.129 e. The van der Waals surface area contributed by atoms with E-state index in [0.29, 0.717) is 5.15 Å². The first-order valence-corrected chi connectivity index (χ1v) is 6.20. The van der Waals surface area contributed by atoms with E-state index in [9.17, 15) is 0 Å². The minimum absolute atomic E-state index is 0.0393. The third kappa shape index (κ3) is 3.29. The normalized spacial score (nSPS) is 12.4.